The molecule has 1 heterocycles. The zero-order valence-corrected chi connectivity index (χ0v) is 11.6. The van der Waals surface area contributed by atoms with E-state index >= 15 is 0 Å². The first kappa shape index (κ1) is 12.6. The predicted octanol–water partition coefficient (Wildman–Crippen LogP) is 4.81. The standard InChI is InChI=1S/C14H16ClNS/c1-10(12-3-5-14(15)6-4-12)16-11(2)13-7-8-17-9-13/h3-11,16H,1-2H3/t10-,11?/m0/s1. The summed E-state index contributed by atoms with van der Waals surface area (Å²) in [6.07, 6.45) is 0. The fourth-order valence-electron chi connectivity index (χ4n) is 1.84. The van der Waals surface area contributed by atoms with E-state index in [1.165, 1.54) is 11.1 Å². The van der Waals surface area contributed by atoms with E-state index < -0.39 is 0 Å². The van der Waals surface area contributed by atoms with E-state index in [2.05, 4.69) is 48.1 Å². The zero-order chi connectivity index (χ0) is 12.3. The SMILES string of the molecule is CC(N[C@@H](C)c1ccc(Cl)cc1)c1ccsc1. The molecule has 3 heteroatoms. The quantitative estimate of drug-likeness (QED) is 0.836. The van der Waals surface area contributed by atoms with Crippen molar-refractivity contribution >= 4 is 22.9 Å². The molecule has 2 atom stereocenters. The summed E-state index contributed by atoms with van der Waals surface area (Å²) >= 11 is 7.62. The highest BCUT2D eigenvalue weighted by Crippen LogP contribution is 2.22. The van der Waals surface area contributed by atoms with Gasteiger partial charge in [-0.2, -0.15) is 11.3 Å². The normalized spacial score (nSPS) is 14.5. The van der Waals surface area contributed by atoms with Crippen molar-refractivity contribution in [2.24, 2.45) is 0 Å². The molecule has 2 aromatic rings. The lowest BCUT2D eigenvalue weighted by molar-refractivity contribution is 0.495. The van der Waals surface area contributed by atoms with Gasteiger partial charge in [-0.1, -0.05) is 23.7 Å². The summed E-state index contributed by atoms with van der Waals surface area (Å²) in [5, 5.41) is 8.66. The van der Waals surface area contributed by atoms with Crippen LogP contribution in [0.4, 0.5) is 0 Å². The van der Waals surface area contributed by atoms with Crippen molar-refractivity contribution in [3.05, 3.63) is 57.2 Å². The van der Waals surface area contributed by atoms with E-state index in [9.17, 15) is 0 Å². The van der Waals surface area contributed by atoms with Crippen molar-refractivity contribution in [3.63, 3.8) is 0 Å². The lowest BCUT2D eigenvalue weighted by Crippen LogP contribution is -2.22. The van der Waals surface area contributed by atoms with Gasteiger partial charge in [-0.15, -0.1) is 0 Å². The Labute approximate surface area is 111 Å². The van der Waals surface area contributed by atoms with Crippen LogP contribution in [0.5, 0.6) is 0 Å². The summed E-state index contributed by atoms with van der Waals surface area (Å²) in [6, 6.07) is 10.9. The molecule has 0 aliphatic heterocycles. The minimum absolute atomic E-state index is 0.321. The lowest BCUT2D eigenvalue weighted by atomic mass is 10.1. The van der Waals surface area contributed by atoms with Gasteiger partial charge in [-0.3, -0.25) is 0 Å². The van der Waals surface area contributed by atoms with Crippen LogP contribution in [0, 0.1) is 0 Å². The highest BCUT2D eigenvalue weighted by molar-refractivity contribution is 7.07. The third kappa shape index (κ3) is 3.32. The average Bonchev–Trinajstić information content (AvgIpc) is 2.83. The Morgan fingerprint density at radius 2 is 1.65 bits per heavy atom. The molecular weight excluding hydrogens is 250 g/mol. The number of hydrogen-bond acceptors (Lipinski definition) is 2. The van der Waals surface area contributed by atoms with Gasteiger partial charge in [0.1, 0.15) is 0 Å². The van der Waals surface area contributed by atoms with Crippen LogP contribution in [0.2, 0.25) is 5.02 Å². The van der Waals surface area contributed by atoms with Gasteiger partial charge < -0.3 is 5.32 Å². The molecule has 17 heavy (non-hydrogen) atoms. The van der Waals surface area contributed by atoms with Crippen LogP contribution in [0.1, 0.15) is 37.1 Å². The summed E-state index contributed by atoms with van der Waals surface area (Å²) in [7, 11) is 0. The Hall–Kier alpha value is -0.830. The molecule has 0 saturated carbocycles. The van der Waals surface area contributed by atoms with Gasteiger partial charge in [-0.05, 0) is 53.9 Å². The largest absolute Gasteiger partial charge is 0.304 e. The molecule has 1 aromatic heterocycles. The third-order valence-electron chi connectivity index (χ3n) is 2.91. The number of rotatable bonds is 4. The minimum atomic E-state index is 0.321. The van der Waals surface area contributed by atoms with E-state index in [4.69, 9.17) is 11.6 Å². The van der Waals surface area contributed by atoms with Gasteiger partial charge in [-0.25, -0.2) is 0 Å². The maximum absolute atomic E-state index is 5.88. The summed E-state index contributed by atoms with van der Waals surface area (Å²) in [5.74, 6) is 0. The molecule has 2 rings (SSSR count). The van der Waals surface area contributed by atoms with Gasteiger partial charge >= 0.3 is 0 Å². The van der Waals surface area contributed by atoms with E-state index in [0.29, 0.717) is 12.1 Å². The molecular formula is C14H16ClNS. The molecule has 0 radical (unpaired) electrons. The second kappa shape index (κ2) is 5.67. The van der Waals surface area contributed by atoms with Crippen molar-refractivity contribution in [2.75, 3.05) is 0 Å². The fraction of sp³-hybridized carbons (Fsp3) is 0.286. The number of nitrogens with one attached hydrogen (secondary N) is 1. The van der Waals surface area contributed by atoms with Crippen molar-refractivity contribution in [1.29, 1.82) is 0 Å². The molecule has 0 fully saturated rings. The maximum Gasteiger partial charge on any atom is 0.0406 e. The van der Waals surface area contributed by atoms with E-state index in [1.54, 1.807) is 11.3 Å². The van der Waals surface area contributed by atoms with Crippen LogP contribution in [-0.2, 0) is 0 Å². The smallest absolute Gasteiger partial charge is 0.0406 e. The molecule has 0 aliphatic carbocycles. The van der Waals surface area contributed by atoms with Gasteiger partial charge in [0.25, 0.3) is 0 Å². The first-order chi connectivity index (χ1) is 8.16. The Morgan fingerprint density at radius 3 is 2.24 bits per heavy atom. The summed E-state index contributed by atoms with van der Waals surface area (Å²) < 4.78 is 0. The Bertz CT molecular complexity index is 450. The topological polar surface area (TPSA) is 12.0 Å². The van der Waals surface area contributed by atoms with Crippen molar-refractivity contribution in [1.82, 2.24) is 5.32 Å². The van der Waals surface area contributed by atoms with E-state index in [1.807, 2.05) is 12.1 Å². The highest BCUT2D eigenvalue weighted by atomic mass is 35.5. The van der Waals surface area contributed by atoms with Crippen molar-refractivity contribution < 1.29 is 0 Å². The number of hydrogen-bond donors (Lipinski definition) is 1. The average molecular weight is 266 g/mol. The third-order valence-corrected chi connectivity index (χ3v) is 3.87. The molecule has 0 saturated heterocycles. The van der Waals surface area contributed by atoms with Gasteiger partial charge in [0, 0.05) is 17.1 Å². The van der Waals surface area contributed by atoms with Crippen LogP contribution in [0.25, 0.3) is 0 Å². The van der Waals surface area contributed by atoms with Gasteiger partial charge in [0.05, 0.1) is 0 Å². The predicted molar refractivity (Wildman–Crippen MR) is 75.7 cm³/mol. The monoisotopic (exact) mass is 265 g/mol. The summed E-state index contributed by atoms with van der Waals surface area (Å²) in [5.41, 5.74) is 2.60. The second-order valence-electron chi connectivity index (χ2n) is 4.22. The van der Waals surface area contributed by atoms with Crippen LogP contribution < -0.4 is 5.32 Å². The second-order valence-corrected chi connectivity index (χ2v) is 5.43. The number of halogens is 1. The summed E-state index contributed by atoms with van der Waals surface area (Å²) in [6.45, 7) is 4.36. The van der Waals surface area contributed by atoms with Crippen LogP contribution in [-0.4, -0.2) is 0 Å². The first-order valence-corrected chi connectivity index (χ1v) is 7.02. The zero-order valence-electron chi connectivity index (χ0n) is 9.98. The van der Waals surface area contributed by atoms with Gasteiger partial charge in [0.2, 0.25) is 0 Å². The van der Waals surface area contributed by atoms with Gasteiger partial charge in [0.15, 0.2) is 0 Å². The molecule has 0 amide bonds. The van der Waals surface area contributed by atoms with Crippen LogP contribution in [0.3, 0.4) is 0 Å². The molecule has 0 spiro atoms. The Kier molecular flexibility index (Phi) is 4.21. The molecule has 0 aliphatic rings. The Balaban J connectivity index is 2.01. The first-order valence-electron chi connectivity index (χ1n) is 5.70. The molecule has 1 aromatic carbocycles. The molecule has 1 N–H and O–H groups in total. The van der Waals surface area contributed by atoms with Crippen molar-refractivity contribution in [3.8, 4) is 0 Å². The van der Waals surface area contributed by atoms with Crippen molar-refractivity contribution in [2.45, 2.75) is 25.9 Å². The summed E-state index contributed by atoms with van der Waals surface area (Å²) in [4.78, 5) is 0. The van der Waals surface area contributed by atoms with E-state index in [-0.39, 0.29) is 0 Å². The molecule has 0 bridgehead atoms. The molecule has 1 unspecified atom stereocenters. The van der Waals surface area contributed by atoms with Crippen LogP contribution in [0.15, 0.2) is 41.1 Å². The maximum atomic E-state index is 5.88. The molecule has 90 valence electrons. The minimum Gasteiger partial charge on any atom is -0.304 e. The van der Waals surface area contributed by atoms with Crippen LogP contribution >= 0.6 is 22.9 Å². The highest BCUT2D eigenvalue weighted by Gasteiger charge is 2.11. The Morgan fingerprint density at radius 1 is 1.00 bits per heavy atom. The molecule has 1 nitrogen and oxygen atoms in total. The van der Waals surface area contributed by atoms with E-state index in [0.717, 1.165) is 5.02 Å². The number of benzene rings is 1. The lowest BCUT2D eigenvalue weighted by Gasteiger charge is -2.19. The number of thiophene rings is 1. The fourth-order valence-corrected chi connectivity index (χ4v) is 2.72.